The van der Waals surface area contributed by atoms with Crippen molar-refractivity contribution in [3.8, 4) is 11.3 Å². The second kappa shape index (κ2) is 7.49. The average Bonchev–Trinajstić information content (AvgIpc) is 3.20. The van der Waals surface area contributed by atoms with Crippen LogP contribution in [0.25, 0.3) is 22.2 Å². The average molecular weight is 360 g/mol. The van der Waals surface area contributed by atoms with Crippen molar-refractivity contribution in [3.05, 3.63) is 65.7 Å². The van der Waals surface area contributed by atoms with E-state index in [0.29, 0.717) is 12.1 Å². The predicted octanol–water partition coefficient (Wildman–Crippen LogP) is 4.46. The number of nitrogens with zero attached hydrogens (tertiary/aromatic N) is 2. The smallest absolute Gasteiger partial charge is 0.254 e. The third-order valence-corrected chi connectivity index (χ3v) is 5.14. The number of likely N-dealkylation sites (N-methyl/N-ethyl adjacent to an activating group) is 1. The van der Waals surface area contributed by atoms with Crippen molar-refractivity contribution >= 4 is 16.8 Å². The summed E-state index contributed by atoms with van der Waals surface area (Å²) in [6.07, 6.45) is 2.23. The number of carbonyl (C=O) groups is 1. The van der Waals surface area contributed by atoms with Gasteiger partial charge >= 0.3 is 0 Å². The molecule has 3 aromatic rings. The summed E-state index contributed by atoms with van der Waals surface area (Å²) in [5.74, 6) is 0.0115. The Morgan fingerprint density at radius 1 is 1.19 bits per heavy atom. The van der Waals surface area contributed by atoms with Crippen LogP contribution in [-0.2, 0) is 4.74 Å². The second-order valence-electron chi connectivity index (χ2n) is 7.26. The molecular formula is C23H24N2O2. The molecule has 1 saturated heterocycles. The molecule has 0 radical (unpaired) electrons. The van der Waals surface area contributed by atoms with Gasteiger partial charge in [-0.05, 0) is 31.9 Å². The number of amides is 1. The lowest BCUT2D eigenvalue weighted by atomic mass is 10.0. The molecule has 0 bridgehead atoms. The molecule has 1 aliphatic heterocycles. The Morgan fingerprint density at radius 2 is 1.96 bits per heavy atom. The van der Waals surface area contributed by atoms with Gasteiger partial charge in [-0.3, -0.25) is 4.79 Å². The molecule has 0 N–H and O–H groups in total. The first-order valence-electron chi connectivity index (χ1n) is 9.46. The summed E-state index contributed by atoms with van der Waals surface area (Å²) in [5.41, 5.74) is 4.57. The molecule has 138 valence electrons. The van der Waals surface area contributed by atoms with Gasteiger partial charge in [0.15, 0.2) is 0 Å². The lowest BCUT2D eigenvalue weighted by molar-refractivity contribution is 0.0588. The molecule has 1 aliphatic rings. The van der Waals surface area contributed by atoms with Crippen LogP contribution in [0.4, 0.5) is 0 Å². The Hall–Kier alpha value is -2.72. The van der Waals surface area contributed by atoms with Crippen LogP contribution in [0.2, 0.25) is 0 Å². The maximum absolute atomic E-state index is 13.2. The third kappa shape index (κ3) is 3.71. The molecule has 4 rings (SSSR count). The van der Waals surface area contributed by atoms with Gasteiger partial charge in [0.05, 0.1) is 22.9 Å². The van der Waals surface area contributed by atoms with Gasteiger partial charge in [0.1, 0.15) is 0 Å². The first-order chi connectivity index (χ1) is 13.1. The minimum atomic E-state index is 0.0115. The minimum Gasteiger partial charge on any atom is -0.376 e. The Morgan fingerprint density at radius 3 is 2.70 bits per heavy atom. The molecule has 0 aliphatic carbocycles. The van der Waals surface area contributed by atoms with Gasteiger partial charge in [-0.15, -0.1) is 0 Å². The summed E-state index contributed by atoms with van der Waals surface area (Å²) >= 11 is 0. The Kier molecular flexibility index (Phi) is 4.90. The van der Waals surface area contributed by atoms with E-state index in [2.05, 4.69) is 31.2 Å². The van der Waals surface area contributed by atoms with Crippen molar-refractivity contribution in [2.45, 2.75) is 25.9 Å². The molecule has 2 heterocycles. The molecule has 2 aromatic carbocycles. The summed E-state index contributed by atoms with van der Waals surface area (Å²) in [5, 5.41) is 0.887. The highest BCUT2D eigenvalue weighted by Crippen LogP contribution is 2.26. The van der Waals surface area contributed by atoms with Crippen LogP contribution in [0.1, 0.15) is 28.8 Å². The molecule has 27 heavy (non-hydrogen) atoms. The standard InChI is InChI=1S/C23H24N2O2/c1-16-9-11-17(12-10-16)22-14-20(19-7-3-4-8-21(19)24-22)23(26)25(2)15-18-6-5-13-27-18/h3-4,7-12,14,18H,5-6,13,15H2,1-2H3. The lowest BCUT2D eigenvalue weighted by Gasteiger charge is -2.22. The van der Waals surface area contributed by atoms with Crippen molar-refractivity contribution in [2.24, 2.45) is 0 Å². The number of carbonyl (C=O) groups excluding carboxylic acids is 1. The van der Waals surface area contributed by atoms with Crippen LogP contribution in [0.5, 0.6) is 0 Å². The van der Waals surface area contributed by atoms with Gasteiger partial charge < -0.3 is 9.64 Å². The van der Waals surface area contributed by atoms with E-state index in [4.69, 9.17) is 9.72 Å². The topological polar surface area (TPSA) is 42.4 Å². The van der Waals surface area contributed by atoms with Crippen molar-refractivity contribution in [1.82, 2.24) is 9.88 Å². The third-order valence-electron chi connectivity index (χ3n) is 5.14. The zero-order chi connectivity index (χ0) is 18.8. The van der Waals surface area contributed by atoms with E-state index in [0.717, 1.165) is 41.6 Å². The fourth-order valence-corrected chi connectivity index (χ4v) is 3.61. The Labute approximate surface area is 159 Å². The van der Waals surface area contributed by atoms with E-state index in [1.165, 1.54) is 5.56 Å². The van der Waals surface area contributed by atoms with Gasteiger partial charge in [-0.2, -0.15) is 0 Å². The SMILES string of the molecule is Cc1ccc(-c2cc(C(=O)N(C)CC3CCCO3)c3ccccc3n2)cc1. The summed E-state index contributed by atoms with van der Waals surface area (Å²) in [7, 11) is 1.85. The number of benzene rings is 2. The van der Waals surface area contributed by atoms with Crippen LogP contribution < -0.4 is 0 Å². The van der Waals surface area contributed by atoms with Gasteiger partial charge in [-0.25, -0.2) is 4.98 Å². The van der Waals surface area contributed by atoms with Crippen molar-refractivity contribution in [1.29, 1.82) is 0 Å². The van der Waals surface area contributed by atoms with Gasteiger partial charge in [0.2, 0.25) is 0 Å². The number of ether oxygens (including phenoxy) is 1. The van der Waals surface area contributed by atoms with Crippen molar-refractivity contribution < 1.29 is 9.53 Å². The highest BCUT2D eigenvalue weighted by molar-refractivity contribution is 6.07. The normalized spacial score (nSPS) is 16.6. The van der Waals surface area contributed by atoms with Gasteiger partial charge in [-0.1, -0.05) is 48.0 Å². The monoisotopic (exact) mass is 360 g/mol. The van der Waals surface area contributed by atoms with E-state index in [1.807, 2.05) is 37.4 Å². The highest BCUT2D eigenvalue weighted by atomic mass is 16.5. The molecule has 1 amide bonds. The first kappa shape index (κ1) is 17.7. The molecule has 4 heteroatoms. The fraction of sp³-hybridized carbons (Fsp3) is 0.304. The zero-order valence-electron chi connectivity index (χ0n) is 15.8. The number of pyridine rings is 1. The predicted molar refractivity (Wildman–Crippen MR) is 108 cm³/mol. The van der Waals surface area contributed by atoms with Crippen molar-refractivity contribution in [3.63, 3.8) is 0 Å². The van der Waals surface area contributed by atoms with Crippen LogP contribution in [-0.4, -0.2) is 42.1 Å². The van der Waals surface area contributed by atoms with E-state index in [-0.39, 0.29) is 12.0 Å². The molecule has 1 atom stereocenters. The summed E-state index contributed by atoms with van der Waals surface area (Å²) in [6.45, 7) is 3.48. The first-order valence-corrected chi connectivity index (χ1v) is 9.46. The lowest BCUT2D eigenvalue weighted by Crippen LogP contribution is -2.34. The zero-order valence-corrected chi connectivity index (χ0v) is 15.8. The number of rotatable bonds is 4. The molecule has 4 nitrogen and oxygen atoms in total. The van der Waals surface area contributed by atoms with Gasteiger partial charge in [0.25, 0.3) is 5.91 Å². The molecule has 1 aromatic heterocycles. The summed E-state index contributed by atoms with van der Waals surface area (Å²) in [6, 6.07) is 18.0. The molecule has 1 unspecified atom stereocenters. The number of aromatic nitrogens is 1. The number of fused-ring (bicyclic) bond motifs is 1. The largest absolute Gasteiger partial charge is 0.376 e. The maximum atomic E-state index is 13.2. The van der Waals surface area contributed by atoms with Crippen LogP contribution >= 0.6 is 0 Å². The number of hydrogen-bond acceptors (Lipinski definition) is 3. The minimum absolute atomic E-state index is 0.0115. The molecule has 0 saturated carbocycles. The molecule has 1 fully saturated rings. The van der Waals surface area contributed by atoms with Crippen LogP contribution in [0.15, 0.2) is 54.6 Å². The van der Waals surface area contributed by atoms with E-state index in [1.54, 1.807) is 4.90 Å². The van der Waals surface area contributed by atoms with Crippen LogP contribution in [0, 0.1) is 6.92 Å². The van der Waals surface area contributed by atoms with E-state index < -0.39 is 0 Å². The Bertz CT molecular complexity index is 960. The number of para-hydroxylation sites is 1. The second-order valence-corrected chi connectivity index (χ2v) is 7.26. The Balaban J connectivity index is 1.73. The van der Waals surface area contributed by atoms with E-state index >= 15 is 0 Å². The maximum Gasteiger partial charge on any atom is 0.254 e. The molecular weight excluding hydrogens is 336 g/mol. The number of aryl methyl sites for hydroxylation is 1. The number of hydrogen-bond donors (Lipinski definition) is 0. The fourth-order valence-electron chi connectivity index (χ4n) is 3.61. The van der Waals surface area contributed by atoms with Crippen LogP contribution in [0.3, 0.4) is 0 Å². The molecule has 0 spiro atoms. The summed E-state index contributed by atoms with van der Waals surface area (Å²) < 4.78 is 5.70. The summed E-state index contributed by atoms with van der Waals surface area (Å²) in [4.78, 5) is 19.8. The van der Waals surface area contributed by atoms with Gasteiger partial charge in [0, 0.05) is 31.1 Å². The highest BCUT2D eigenvalue weighted by Gasteiger charge is 2.22. The van der Waals surface area contributed by atoms with E-state index in [9.17, 15) is 4.79 Å². The quantitative estimate of drug-likeness (QED) is 0.690. The van der Waals surface area contributed by atoms with Crippen molar-refractivity contribution in [2.75, 3.05) is 20.2 Å².